The van der Waals surface area contributed by atoms with Crippen LogP contribution >= 0.6 is 11.3 Å². The summed E-state index contributed by atoms with van der Waals surface area (Å²) in [4.78, 5) is 22.3. The Balaban J connectivity index is 1.42. The first-order chi connectivity index (χ1) is 12.3. The molecular formula is C19H22N4OS. The van der Waals surface area contributed by atoms with Gasteiger partial charge in [0, 0.05) is 24.0 Å². The van der Waals surface area contributed by atoms with Crippen LogP contribution in [0.25, 0.3) is 0 Å². The van der Waals surface area contributed by atoms with E-state index in [1.807, 2.05) is 17.4 Å². The van der Waals surface area contributed by atoms with Crippen LogP contribution in [-0.2, 0) is 19.3 Å². The van der Waals surface area contributed by atoms with Crippen LogP contribution in [0.4, 0.5) is 5.82 Å². The van der Waals surface area contributed by atoms with Crippen LogP contribution < -0.4 is 10.6 Å². The minimum absolute atomic E-state index is 0.204. The van der Waals surface area contributed by atoms with Crippen molar-refractivity contribution in [3.63, 3.8) is 0 Å². The van der Waals surface area contributed by atoms with Crippen LogP contribution in [0.5, 0.6) is 0 Å². The zero-order chi connectivity index (χ0) is 17.5. The highest BCUT2D eigenvalue weighted by molar-refractivity contribution is 7.11. The topological polar surface area (TPSA) is 66.9 Å². The first-order valence-electron chi connectivity index (χ1n) is 8.65. The van der Waals surface area contributed by atoms with Crippen molar-refractivity contribution >= 4 is 23.1 Å². The van der Waals surface area contributed by atoms with Crippen molar-refractivity contribution in [3.8, 4) is 12.3 Å². The molecule has 0 atom stereocenters. The zero-order valence-electron chi connectivity index (χ0n) is 14.2. The monoisotopic (exact) mass is 354 g/mol. The van der Waals surface area contributed by atoms with Crippen molar-refractivity contribution in [2.75, 3.05) is 18.4 Å². The fourth-order valence-electron chi connectivity index (χ4n) is 2.83. The van der Waals surface area contributed by atoms with Gasteiger partial charge in [-0.25, -0.2) is 9.97 Å². The van der Waals surface area contributed by atoms with Gasteiger partial charge in [0.25, 0.3) is 5.91 Å². The fourth-order valence-corrected chi connectivity index (χ4v) is 4.03. The molecule has 2 heterocycles. The molecule has 1 aliphatic carbocycles. The van der Waals surface area contributed by atoms with E-state index in [2.05, 4.69) is 21.5 Å². The standard InChI is InChI=1S/C19H22N4OS/c1-2-11-21-19(24)14-9-10-17(22-13-14)20-12-5-8-18-23-15-6-3-4-7-16(15)25-18/h1,9-10,13H,3-8,11-12H2,(H,20,22)(H,21,24). The number of hydrogen-bond donors (Lipinski definition) is 2. The number of pyridine rings is 1. The van der Waals surface area contributed by atoms with Gasteiger partial charge >= 0.3 is 0 Å². The molecule has 0 aromatic carbocycles. The Bertz CT molecular complexity index is 737. The highest BCUT2D eigenvalue weighted by Gasteiger charge is 2.14. The van der Waals surface area contributed by atoms with Gasteiger partial charge in [0.1, 0.15) is 5.82 Å². The Morgan fingerprint density at radius 3 is 2.96 bits per heavy atom. The van der Waals surface area contributed by atoms with Crippen molar-refractivity contribution < 1.29 is 4.79 Å². The number of nitrogens with one attached hydrogen (secondary N) is 2. The summed E-state index contributed by atoms with van der Waals surface area (Å²) in [6, 6.07) is 3.56. The van der Waals surface area contributed by atoms with E-state index in [4.69, 9.17) is 11.4 Å². The third-order valence-electron chi connectivity index (χ3n) is 4.14. The summed E-state index contributed by atoms with van der Waals surface area (Å²) in [5, 5.41) is 7.16. The number of carbonyl (C=O) groups is 1. The van der Waals surface area contributed by atoms with Gasteiger partial charge in [0.15, 0.2) is 0 Å². The summed E-state index contributed by atoms with van der Waals surface area (Å²) >= 11 is 1.88. The third kappa shape index (κ3) is 4.80. The third-order valence-corrected chi connectivity index (χ3v) is 5.36. The summed E-state index contributed by atoms with van der Waals surface area (Å²) in [6.45, 7) is 1.05. The maximum absolute atomic E-state index is 11.7. The molecule has 2 aromatic heterocycles. The zero-order valence-corrected chi connectivity index (χ0v) is 15.0. The predicted octanol–water partition coefficient (Wildman–Crippen LogP) is 2.82. The average molecular weight is 354 g/mol. The molecule has 2 N–H and O–H groups in total. The van der Waals surface area contributed by atoms with E-state index in [0.717, 1.165) is 31.6 Å². The molecule has 0 saturated carbocycles. The van der Waals surface area contributed by atoms with Crippen molar-refractivity contribution in [1.29, 1.82) is 0 Å². The van der Waals surface area contributed by atoms with Crippen molar-refractivity contribution in [3.05, 3.63) is 39.5 Å². The highest BCUT2D eigenvalue weighted by Crippen LogP contribution is 2.27. The van der Waals surface area contributed by atoms with Crippen LogP contribution in [0.2, 0.25) is 0 Å². The first kappa shape index (κ1) is 17.4. The molecule has 0 aliphatic heterocycles. The van der Waals surface area contributed by atoms with Gasteiger partial charge in [-0.15, -0.1) is 17.8 Å². The predicted molar refractivity (Wildman–Crippen MR) is 101 cm³/mol. The molecule has 0 fully saturated rings. The molecule has 1 aliphatic rings. The number of hydrogen-bond acceptors (Lipinski definition) is 5. The summed E-state index contributed by atoms with van der Waals surface area (Å²) in [5.41, 5.74) is 1.84. The number of amides is 1. The van der Waals surface area contributed by atoms with Crippen LogP contribution in [0, 0.1) is 12.3 Å². The highest BCUT2D eigenvalue weighted by atomic mass is 32.1. The molecule has 2 aromatic rings. The average Bonchev–Trinajstić information content (AvgIpc) is 3.06. The number of carbonyl (C=O) groups excluding carboxylic acids is 1. The summed E-state index contributed by atoms with van der Waals surface area (Å²) in [6.07, 6.45) is 13.6. The number of aromatic nitrogens is 2. The number of fused-ring (bicyclic) bond motifs is 1. The molecule has 5 nitrogen and oxygen atoms in total. The maximum atomic E-state index is 11.7. The van der Waals surface area contributed by atoms with E-state index in [1.165, 1.54) is 34.8 Å². The smallest absolute Gasteiger partial charge is 0.253 e. The largest absolute Gasteiger partial charge is 0.370 e. The Hall–Kier alpha value is -2.39. The minimum atomic E-state index is -0.204. The SMILES string of the molecule is C#CCNC(=O)c1ccc(NCCCc2nc3c(s2)CCCC3)nc1. The van der Waals surface area contributed by atoms with Gasteiger partial charge in [-0.05, 0) is 44.2 Å². The number of terminal acetylenes is 1. The molecule has 1 amide bonds. The van der Waals surface area contributed by atoms with Crippen LogP contribution in [0.15, 0.2) is 18.3 Å². The van der Waals surface area contributed by atoms with Gasteiger partial charge in [-0.2, -0.15) is 0 Å². The van der Waals surface area contributed by atoms with Gasteiger partial charge in [-0.3, -0.25) is 4.79 Å². The van der Waals surface area contributed by atoms with Crippen LogP contribution in [0.3, 0.4) is 0 Å². The molecule has 25 heavy (non-hydrogen) atoms. The summed E-state index contributed by atoms with van der Waals surface area (Å²) < 4.78 is 0. The normalized spacial score (nSPS) is 12.9. The summed E-state index contributed by atoms with van der Waals surface area (Å²) in [5.74, 6) is 2.94. The Kier molecular flexibility index (Phi) is 6.02. The lowest BCUT2D eigenvalue weighted by molar-refractivity contribution is 0.0958. The van der Waals surface area contributed by atoms with Gasteiger partial charge < -0.3 is 10.6 Å². The number of thiazole rings is 1. The van der Waals surface area contributed by atoms with Gasteiger partial charge in [-0.1, -0.05) is 5.92 Å². The van der Waals surface area contributed by atoms with Crippen molar-refractivity contribution in [1.82, 2.24) is 15.3 Å². The quantitative estimate of drug-likeness (QED) is 0.593. The number of aryl methyl sites for hydroxylation is 3. The van der Waals surface area contributed by atoms with Crippen molar-refractivity contribution in [2.24, 2.45) is 0 Å². The lowest BCUT2D eigenvalue weighted by atomic mass is 10.0. The van der Waals surface area contributed by atoms with E-state index < -0.39 is 0 Å². The second-order valence-corrected chi connectivity index (χ2v) is 7.20. The molecule has 0 unspecified atom stereocenters. The Morgan fingerprint density at radius 1 is 1.32 bits per heavy atom. The van der Waals surface area contributed by atoms with E-state index in [9.17, 15) is 4.79 Å². The minimum Gasteiger partial charge on any atom is -0.370 e. The van der Waals surface area contributed by atoms with Crippen molar-refractivity contribution in [2.45, 2.75) is 38.5 Å². The van der Waals surface area contributed by atoms with E-state index in [1.54, 1.807) is 12.3 Å². The van der Waals surface area contributed by atoms with Gasteiger partial charge in [0.2, 0.25) is 0 Å². The molecule has 130 valence electrons. The molecule has 3 rings (SSSR count). The molecule has 0 saturated heterocycles. The molecule has 0 radical (unpaired) electrons. The van der Waals surface area contributed by atoms with Gasteiger partial charge in [0.05, 0.1) is 22.8 Å². The van der Waals surface area contributed by atoms with Crippen LogP contribution in [-0.4, -0.2) is 29.0 Å². The first-order valence-corrected chi connectivity index (χ1v) is 9.47. The molecule has 6 heteroatoms. The lowest BCUT2D eigenvalue weighted by Crippen LogP contribution is -2.23. The molecule has 0 bridgehead atoms. The molecular weight excluding hydrogens is 332 g/mol. The molecule has 0 spiro atoms. The summed E-state index contributed by atoms with van der Waals surface area (Å²) in [7, 11) is 0. The van der Waals surface area contributed by atoms with E-state index in [-0.39, 0.29) is 12.5 Å². The number of anilines is 1. The van der Waals surface area contributed by atoms with E-state index in [0.29, 0.717) is 5.56 Å². The number of nitrogens with zero attached hydrogens (tertiary/aromatic N) is 2. The number of rotatable bonds is 7. The maximum Gasteiger partial charge on any atom is 0.253 e. The van der Waals surface area contributed by atoms with Crippen LogP contribution in [0.1, 0.15) is 45.2 Å². The second kappa shape index (κ2) is 8.63. The lowest BCUT2D eigenvalue weighted by Gasteiger charge is -2.06. The second-order valence-electron chi connectivity index (χ2n) is 6.03. The Morgan fingerprint density at radius 2 is 2.20 bits per heavy atom. The fraction of sp³-hybridized carbons (Fsp3) is 0.421. The van der Waals surface area contributed by atoms with E-state index >= 15 is 0 Å². The Labute approximate surface area is 152 Å².